The molecule has 1 heterocycles. The lowest BCUT2D eigenvalue weighted by atomic mass is 10.0. The van der Waals surface area contributed by atoms with Gasteiger partial charge in [0.1, 0.15) is 17.4 Å². The number of hydrogen-bond acceptors (Lipinski definition) is 3. The van der Waals surface area contributed by atoms with Crippen molar-refractivity contribution in [3.8, 4) is 5.75 Å². The summed E-state index contributed by atoms with van der Waals surface area (Å²) in [6, 6.07) is 8.75. The summed E-state index contributed by atoms with van der Waals surface area (Å²) < 4.78 is 31.8. The first-order valence-corrected chi connectivity index (χ1v) is 7.73. The Morgan fingerprint density at radius 1 is 1.25 bits per heavy atom. The summed E-state index contributed by atoms with van der Waals surface area (Å²) in [6.45, 7) is 0.809. The van der Waals surface area contributed by atoms with Crippen LogP contribution in [0.3, 0.4) is 0 Å². The maximum absolute atomic E-state index is 13.2. The second kappa shape index (κ2) is 6.86. The summed E-state index contributed by atoms with van der Waals surface area (Å²) in [5, 5.41) is 2.54. The van der Waals surface area contributed by atoms with E-state index in [0.29, 0.717) is 0 Å². The van der Waals surface area contributed by atoms with E-state index in [4.69, 9.17) is 4.74 Å². The zero-order valence-electron chi connectivity index (χ0n) is 13.3. The Morgan fingerprint density at radius 2 is 2.00 bits per heavy atom. The highest BCUT2D eigenvalue weighted by atomic mass is 19.1. The molecule has 0 bridgehead atoms. The largest absolute Gasteiger partial charge is 0.495 e. The minimum Gasteiger partial charge on any atom is -0.495 e. The van der Waals surface area contributed by atoms with Gasteiger partial charge in [0, 0.05) is 18.3 Å². The molecule has 2 aromatic rings. The number of fused-ring (bicyclic) bond motifs is 1. The molecule has 1 aliphatic heterocycles. The Morgan fingerprint density at radius 3 is 2.71 bits per heavy atom. The van der Waals surface area contributed by atoms with Gasteiger partial charge in [-0.05, 0) is 36.6 Å². The number of methoxy groups -OCH3 is 1. The summed E-state index contributed by atoms with van der Waals surface area (Å²) >= 11 is 0. The lowest BCUT2D eigenvalue weighted by Gasteiger charge is -2.32. The van der Waals surface area contributed by atoms with Crippen LogP contribution in [0, 0.1) is 11.6 Å². The lowest BCUT2D eigenvalue weighted by Crippen LogP contribution is -2.37. The molecule has 1 N–H and O–H groups in total. The van der Waals surface area contributed by atoms with Gasteiger partial charge in [0.2, 0.25) is 5.91 Å². The van der Waals surface area contributed by atoms with Crippen LogP contribution in [0.25, 0.3) is 0 Å². The molecule has 1 amide bonds. The molecule has 0 spiro atoms. The third kappa shape index (κ3) is 3.48. The predicted molar refractivity (Wildman–Crippen MR) is 88.5 cm³/mol. The first-order chi connectivity index (χ1) is 11.6. The third-order valence-electron chi connectivity index (χ3n) is 3.97. The maximum Gasteiger partial charge on any atom is 0.243 e. The Balaban J connectivity index is 1.76. The van der Waals surface area contributed by atoms with Crippen LogP contribution in [0.4, 0.5) is 20.2 Å². The summed E-state index contributed by atoms with van der Waals surface area (Å²) in [5.74, 6) is -1.07. The van der Waals surface area contributed by atoms with E-state index in [2.05, 4.69) is 5.32 Å². The van der Waals surface area contributed by atoms with E-state index in [1.54, 1.807) is 7.11 Å². The van der Waals surface area contributed by atoms with Gasteiger partial charge in [-0.1, -0.05) is 12.1 Å². The molecule has 3 rings (SSSR count). The Labute approximate surface area is 139 Å². The van der Waals surface area contributed by atoms with Crippen LogP contribution < -0.4 is 15.0 Å². The quantitative estimate of drug-likeness (QED) is 0.933. The molecule has 0 saturated carbocycles. The van der Waals surface area contributed by atoms with Gasteiger partial charge in [-0.15, -0.1) is 0 Å². The van der Waals surface area contributed by atoms with E-state index in [-0.39, 0.29) is 18.1 Å². The number of hydrogen-bond donors (Lipinski definition) is 1. The molecule has 0 atom stereocenters. The van der Waals surface area contributed by atoms with Gasteiger partial charge in [0.25, 0.3) is 0 Å². The van der Waals surface area contributed by atoms with Gasteiger partial charge in [0.15, 0.2) is 0 Å². The zero-order chi connectivity index (χ0) is 17.1. The summed E-state index contributed by atoms with van der Waals surface area (Å²) in [7, 11) is 1.60. The molecule has 1 aliphatic rings. The molecular weight excluding hydrogens is 314 g/mol. The second-order valence-corrected chi connectivity index (χ2v) is 5.70. The normalized spacial score (nSPS) is 13.4. The van der Waals surface area contributed by atoms with Crippen molar-refractivity contribution in [2.75, 3.05) is 30.4 Å². The summed E-state index contributed by atoms with van der Waals surface area (Å²) in [6.07, 6.45) is 1.86. The number of anilines is 2. The number of para-hydroxylation sites is 1. The minimum atomic E-state index is -0.727. The number of carbonyl (C=O) groups is 1. The molecule has 126 valence electrons. The van der Waals surface area contributed by atoms with Crippen LogP contribution in [-0.2, 0) is 11.2 Å². The molecule has 24 heavy (non-hydrogen) atoms. The average Bonchev–Trinajstić information content (AvgIpc) is 2.53. The van der Waals surface area contributed by atoms with Gasteiger partial charge < -0.3 is 15.0 Å². The highest BCUT2D eigenvalue weighted by Crippen LogP contribution is 2.35. The van der Waals surface area contributed by atoms with Crippen molar-refractivity contribution >= 4 is 17.3 Å². The van der Waals surface area contributed by atoms with E-state index in [0.717, 1.165) is 54.6 Å². The third-order valence-corrected chi connectivity index (χ3v) is 3.97. The van der Waals surface area contributed by atoms with Gasteiger partial charge in [0.05, 0.1) is 19.3 Å². The van der Waals surface area contributed by atoms with Crippen LogP contribution in [-0.4, -0.2) is 26.1 Å². The van der Waals surface area contributed by atoms with Crippen LogP contribution in [0.5, 0.6) is 5.75 Å². The highest BCUT2D eigenvalue weighted by molar-refractivity contribution is 5.94. The van der Waals surface area contributed by atoms with Gasteiger partial charge in [-0.25, -0.2) is 8.78 Å². The number of nitrogens with zero attached hydrogens (tertiary/aromatic N) is 1. The number of nitrogens with one attached hydrogen (secondary N) is 1. The number of benzene rings is 2. The summed E-state index contributed by atoms with van der Waals surface area (Å²) in [4.78, 5) is 14.2. The fourth-order valence-electron chi connectivity index (χ4n) is 3.02. The standard InChI is InChI=1S/C18H18F2N2O2/c1-24-16-6-2-4-12-5-3-7-22(18(12)16)11-17(23)21-15-9-13(19)8-14(20)10-15/h2,4,6,8-10H,3,5,7,11H2,1H3,(H,21,23). The van der Waals surface area contributed by atoms with Crippen molar-refractivity contribution in [2.45, 2.75) is 12.8 Å². The van der Waals surface area contributed by atoms with E-state index >= 15 is 0 Å². The van der Waals surface area contributed by atoms with E-state index in [9.17, 15) is 13.6 Å². The Bertz CT molecular complexity index is 730. The molecule has 6 heteroatoms. The fraction of sp³-hybridized carbons (Fsp3) is 0.278. The van der Waals surface area contributed by atoms with Crippen LogP contribution in [0.15, 0.2) is 36.4 Å². The van der Waals surface area contributed by atoms with Gasteiger partial charge >= 0.3 is 0 Å². The summed E-state index contributed by atoms with van der Waals surface area (Å²) in [5.41, 5.74) is 2.15. The number of ether oxygens (including phenoxy) is 1. The second-order valence-electron chi connectivity index (χ2n) is 5.70. The van der Waals surface area contributed by atoms with Crippen molar-refractivity contribution in [3.63, 3.8) is 0 Å². The Hall–Kier alpha value is -2.63. The molecule has 2 aromatic carbocycles. The van der Waals surface area contributed by atoms with Crippen molar-refractivity contribution in [1.29, 1.82) is 0 Å². The monoisotopic (exact) mass is 332 g/mol. The SMILES string of the molecule is COc1cccc2c1N(CC(=O)Nc1cc(F)cc(F)c1)CCC2. The van der Waals surface area contributed by atoms with Crippen molar-refractivity contribution in [2.24, 2.45) is 0 Å². The first kappa shape index (κ1) is 16.2. The van der Waals surface area contributed by atoms with Crippen molar-refractivity contribution in [1.82, 2.24) is 0 Å². The molecular formula is C18H18F2N2O2. The highest BCUT2D eigenvalue weighted by Gasteiger charge is 2.22. The topological polar surface area (TPSA) is 41.6 Å². The number of rotatable bonds is 4. The average molecular weight is 332 g/mol. The minimum absolute atomic E-state index is 0.0888. The zero-order valence-corrected chi connectivity index (χ0v) is 13.3. The van der Waals surface area contributed by atoms with E-state index in [1.165, 1.54) is 0 Å². The number of halogens is 2. The van der Waals surface area contributed by atoms with Crippen molar-refractivity contribution < 1.29 is 18.3 Å². The number of carbonyl (C=O) groups excluding carboxylic acids is 1. The molecule has 0 saturated heterocycles. The number of aryl methyl sites for hydroxylation is 1. The lowest BCUT2D eigenvalue weighted by molar-refractivity contribution is -0.115. The van der Waals surface area contributed by atoms with E-state index in [1.807, 2.05) is 23.1 Å². The van der Waals surface area contributed by atoms with Gasteiger partial charge in [-0.2, -0.15) is 0 Å². The first-order valence-electron chi connectivity index (χ1n) is 7.73. The van der Waals surface area contributed by atoms with E-state index < -0.39 is 11.6 Å². The predicted octanol–water partition coefficient (Wildman–Crippen LogP) is 3.36. The van der Waals surface area contributed by atoms with Gasteiger partial charge in [-0.3, -0.25) is 4.79 Å². The molecule has 0 fully saturated rings. The molecule has 0 aromatic heterocycles. The molecule has 4 nitrogen and oxygen atoms in total. The maximum atomic E-state index is 13.2. The molecule has 0 radical (unpaired) electrons. The smallest absolute Gasteiger partial charge is 0.243 e. The van der Waals surface area contributed by atoms with Crippen LogP contribution in [0.2, 0.25) is 0 Å². The van der Waals surface area contributed by atoms with Crippen molar-refractivity contribution in [3.05, 3.63) is 53.6 Å². The fourth-order valence-corrected chi connectivity index (χ4v) is 3.02. The Kier molecular flexibility index (Phi) is 4.64. The van der Waals surface area contributed by atoms with Crippen LogP contribution in [0.1, 0.15) is 12.0 Å². The molecule has 0 unspecified atom stereocenters. The number of amides is 1. The molecule has 0 aliphatic carbocycles. The van der Waals surface area contributed by atoms with Crippen LogP contribution >= 0.6 is 0 Å².